The molecular formula is C33H42F3N7O4. The number of carbonyl (C=O) groups is 1. The highest BCUT2D eigenvalue weighted by Gasteiger charge is 2.39. The molecule has 2 aromatic rings. The number of aromatic nitrogens is 2. The third-order valence-corrected chi connectivity index (χ3v) is 9.14. The Morgan fingerprint density at radius 2 is 1.91 bits per heavy atom. The molecule has 11 nitrogen and oxygen atoms in total. The van der Waals surface area contributed by atoms with E-state index in [1.807, 2.05) is 4.90 Å². The third-order valence-electron chi connectivity index (χ3n) is 9.14. The van der Waals surface area contributed by atoms with E-state index in [1.54, 1.807) is 36.6 Å². The van der Waals surface area contributed by atoms with Gasteiger partial charge in [0.15, 0.2) is 0 Å². The molecule has 47 heavy (non-hydrogen) atoms. The number of anilines is 2. The highest BCUT2D eigenvalue weighted by atomic mass is 19.4. The van der Waals surface area contributed by atoms with E-state index in [1.165, 1.54) is 12.1 Å². The van der Waals surface area contributed by atoms with Crippen molar-refractivity contribution in [3.63, 3.8) is 0 Å². The smallest absolute Gasteiger partial charge is 0.418 e. The van der Waals surface area contributed by atoms with Crippen LogP contribution in [0.4, 0.5) is 29.5 Å². The summed E-state index contributed by atoms with van der Waals surface area (Å²) in [5, 5.41) is 9.61. The van der Waals surface area contributed by atoms with Crippen molar-refractivity contribution in [2.75, 3.05) is 62.3 Å². The van der Waals surface area contributed by atoms with Crippen LogP contribution in [0.5, 0.6) is 6.01 Å². The van der Waals surface area contributed by atoms with E-state index >= 15 is 0 Å². The molecule has 1 amide bonds. The predicted octanol–water partition coefficient (Wildman–Crippen LogP) is 4.64. The standard InChI is InChI=1S/C33H42F3N7O4/c1-32(2,3)47-31(44)43-15-14-42(18-22(43)9-11-37)29-25-10-13-41(28-8-5-4-7-26(28)33(34,35)36)20-27(25)38-30(39-29)45-16-6-12-40-19-24-17-23(40)21-46-24/h4-5,7-8,22-24H,6,9-10,12-21H2,1-3H3/t22?,23?,24-/m1/s1. The normalized spacial score (nSPS) is 23.1. The molecule has 6 rings (SSSR count). The number of nitrogens with zero attached hydrogens (tertiary/aromatic N) is 7. The van der Waals surface area contributed by atoms with E-state index in [2.05, 4.69) is 11.0 Å². The lowest BCUT2D eigenvalue weighted by Crippen LogP contribution is -2.56. The quantitative estimate of drug-likeness (QED) is 0.373. The van der Waals surface area contributed by atoms with Crippen LogP contribution in [0.1, 0.15) is 56.9 Å². The third kappa shape index (κ3) is 7.51. The molecule has 14 heteroatoms. The predicted molar refractivity (Wildman–Crippen MR) is 167 cm³/mol. The summed E-state index contributed by atoms with van der Waals surface area (Å²) in [4.78, 5) is 30.3. The topological polar surface area (TPSA) is 107 Å². The molecule has 5 heterocycles. The number of alkyl halides is 3. The Morgan fingerprint density at radius 3 is 2.62 bits per heavy atom. The molecular weight excluding hydrogens is 615 g/mol. The Morgan fingerprint density at radius 1 is 1.11 bits per heavy atom. The van der Waals surface area contributed by atoms with Crippen molar-refractivity contribution in [1.82, 2.24) is 19.8 Å². The van der Waals surface area contributed by atoms with Gasteiger partial charge in [-0.25, -0.2) is 4.79 Å². The number of fused-ring (bicyclic) bond motifs is 3. The maximum Gasteiger partial charge on any atom is 0.418 e. The first-order valence-corrected chi connectivity index (χ1v) is 16.3. The minimum atomic E-state index is -4.49. The van der Waals surface area contributed by atoms with Gasteiger partial charge in [0.1, 0.15) is 11.4 Å². The highest BCUT2D eigenvalue weighted by Crippen LogP contribution is 2.39. The summed E-state index contributed by atoms with van der Waals surface area (Å²) in [6, 6.07) is 7.98. The summed E-state index contributed by atoms with van der Waals surface area (Å²) >= 11 is 0. The van der Waals surface area contributed by atoms with Crippen LogP contribution < -0.4 is 14.5 Å². The Bertz CT molecular complexity index is 1490. The van der Waals surface area contributed by atoms with Crippen molar-refractivity contribution < 1.29 is 32.2 Å². The van der Waals surface area contributed by atoms with Gasteiger partial charge in [0, 0.05) is 56.6 Å². The van der Waals surface area contributed by atoms with Crippen molar-refractivity contribution in [1.29, 1.82) is 5.26 Å². The summed E-state index contributed by atoms with van der Waals surface area (Å²) in [7, 11) is 0. The Hall–Kier alpha value is -3.83. The van der Waals surface area contributed by atoms with E-state index in [0.717, 1.165) is 44.2 Å². The minimum absolute atomic E-state index is 0.109. The SMILES string of the molecule is CC(C)(C)OC(=O)N1CCN(c2nc(OCCCN3C[C@H]4CC3CO4)nc3c2CCN(c2ccccc2C(F)(F)F)C3)CC1CC#N. The summed E-state index contributed by atoms with van der Waals surface area (Å²) in [6.45, 7) is 9.96. The number of amides is 1. The van der Waals surface area contributed by atoms with Gasteiger partial charge in [-0.2, -0.15) is 28.4 Å². The van der Waals surface area contributed by atoms with Crippen LogP contribution in [-0.4, -0.2) is 102 Å². The minimum Gasteiger partial charge on any atom is -0.463 e. The first kappa shape index (κ1) is 33.1. The summed E-state index contributed by atoms with van der Waals surface area (Å²) in [5.74, 6) is 0.634. The summed E-state index contributed by atoms with van der Waals surface area (Å²) in [5.41, 5.74) is 0.189. The van der Waals surface area contributed by atoms with E-state index in [0.29, 0.717) is 62.9 Å². The van der Waals surface area contributed by atoms with E-state index in [9.17, 15) is 23.2 Å². The number of nitriles is 1. The number of rotatable bonds is 8. The van der Waals surface area contributed by atoms with Crippen molar-refractivity contribution in [2.45, 2.75) is 83.0 Å². The van der Waals surface area contributed by atoms with E-state index < -0.39 is 29.5 Å². The fourth-order valence-corrected chi connectivity index (χ4v) is 6.98. The van der Waals surface area contributed by atoms with Crippen LogP contribution >= 0.6 is 0 Å². The number of hydrogen-bond acceptors (Lipinski definition) is 10. The zero-order chi connectivity index (χ0) is 33.3. The monoisotopic (exact) mass is 657 g/mol. The molecule has 0 N–H and O–H groups in total. The molecule has 2 bridgehead atoms. The average Bonchev–Trinajstić information content (AvgIpc) is 3.65. The lowest BCUT2D eigenvalue weighted by atomic mass is 10.0. The summed E-state index contributed by atoms with van der Waals surface area (Å²) < 4.78 is 59.2. The molecule has 0 spiro atoms. The lowest BCUT2D eigenvalue weighted by Gasteiger charge is -2.42. The molecule has 4 aliphatic heterocycles. The molecule has 1 aromatic heterocycles. The number of benzene rings is 1. The zero-order valence-corrected chi connectivity index (χ0v) is 27.1. The van der Waals surface area contributed by atoms with Gasteiger partial charge in [-0.1, -0.05) is 12.1 Å². The van der Waals surface area contributed by atoms with Crippen LogP contribution in [0, 0.1) is 11.3 Å². The van der Waals surface area contributed by atoms with Gasteiger partial charge in [-0.15, -0.1) is 0 Å². The fourth-order valence-electron chi connectivity index (χ4n) is 6.98. The molecule has 0 saturated carbocycles. The zero-order valence-electron chi connectivity index (χ0n) is 27.1. The maximum absolute atomic E-state index is 13.9. The Labute approximate surface area is 273 Å². The summed E-state index contributed by atoms with van der Waals surface area (Å²) in [6.07, 6.45) is -2.28. The molecule has 4 aliphatic rings. The highest BCUT2D eigenvalue weighted by molar-refractivity contribution is 5.69. The second kappa shape index (κ2) is 13.4. The van der Waals surface area contributed by atoms with Gasteiger partial charge < -0.3 is 28.9 Å². The number of likely N-dealkylation sites (tertiary alicyclic amines) is 1. The molecule has 254 valence electrons. The van der Waals surface area contributed by atoms with Gasteiger partial charge in [0.2, 0.25) is 0 Å². The van der Waals surface area contributed by atoms with Crippen molar-refractivity contribution in [2.24, 2.45) is 0 Å². The van der Waals surface area contributed by atoms with E-state index in [4.69, 9.17) is 24.2 Å². The number of morpholine rings is 1. The number of halogens is 3. The second-order valence-electron chi connectivity index (χ2n) is 13.6. The fraction of sp³-hybridized carbons (Fsp3) is 0.636. The molecule has 0 radical (unpaired) electrons. The van der Waals surface area contributed by atoms with Crippen LogP contribution in [0.2, 0.25) is 0 Å². The van der Waals surface area contributed by atoms with Gasteiger partial charge in [-0.3, -0.25) is 4.90 Å². The average molecular weight is 658 g/mol. The van der Waals surface area contributed by atoms with Gasteiger partial charge in [0.25, 0.3) is 0 Å². The number of para-hydroxylation sites is 1. The van der Waals surface area contributed by atoms with Gasteiger partial charge in [0.05, 0.1) is 55.7 Å². The first-order chi connectivity index (χ1) is 22.4. The first-order valence-electron chi connectivity index (χ1n) is 16.3. The Balaban J connectivity index is 1.24. The second-order valence-corrected chi connectivity index (χ2v) is 13.6. The molecule has 1 aromatic carbocycles. The molecule has 3 atom stereocenters. The molecule has 3 fully saturated rings. The maximum atomic E-state index is 13.9. The van der Waals surface area contributed by atoms with Crippen LogP contribution in [0.25, 0.3) is 0 Å². The number of hydrogen-bond donors (Lipinski definition) is 0. The van der Waals surface area contributed by atoms with E-state index in [-0.39, 0.29) is 24.7 Å². The number of ether oxygens (including phenoxy) is 3. The largest absolute Gasteiger partial charge is 0.463 e. The van der Waals surface area contributed by atoms with Crippen LogP contribution in [0.3, 0.4) is 0 Å². The number of carbonyl (C=O) groups excluding carboxylic acids is 1. The van der Waals surface area contributed by atoms with Crippen molar-refractivity contribution in [3.05, 3.63) is 41.1 Å². The molecule has 2 unspecified atom stereocenters. The molecule has 3 saturated heterocycles. The van der Waals surface area contributed by atoms with Crippen LogP contribution in [-0.2, 0) is 28.6 Å². The lowest BCUT2D eigenvalue weighted by molar-refractivity contribution is -0.137. The number of piperazine rings is 1. The van der Waals surface area contributed by atoms with Crippen molar-refractivity contribution >= 4 is 17.6 Å². The van der Waals surface area contributed by atoms with Gasteiger partial charge >= 0.3 is 18.3 Å². The Kier molecular flexibility index (Phi) is 9.40. The van der Waals surface area contributed by atoms with Crippen molar-refractivity contribution in [3.8, 4) is 12.1 Å². The molecule has 0 aliphatic carbocycles. The van der Waals surface area contributed by atoms with Crippen LogP contribution in [0.15, 0.2) is 24.3 Å². The van der Waals surface area contributed by atoms with Gasteiger partial charge in [-0.05, 0) is 52.2 Å².